The summed E-state index contributed by atoms with van der Waals surface area (Å²) >= 11 is 8.29. The molecule has 0 aromatic heterocycles. The Hall–Kier alpha value is -0.540. The Morgan fingerprint density at radius 2 is 2.24 bits per heavy atom. The van der Waals surface area contributed by atoms with E-state index in [1.807, 2.05) is 38.0 Å². The number of rotatable bonds is 3. The Morgan fingerprint density at radius 1 is 1.41 bits per heavy atom. The predicted octanol–water partition coefficient (Wildman–Crippen LogP) is 3.71. The van der Waals surface area contributed by atoms with Gasteiger partial charge in [0.05, 0.1) is 16.4 Å². The minimum Gasteiger partial charge on any atom is -0.380 e. The summed E-state index contributed by atoms with van der Waals surface area (Å²) < 4.78 is 0. The average molecular weight is 271 g/mol. The summed E-state index contributed by atoms with van der Waals surface area (Å²) in [5, 5.41) is 4.43. The molecule has 0 radical (unpaired) electrons. The molecule has 1 aromatic carbocycles. The zero-order chi connectivity index (χ0) is 12.3. The van der Waals surface area contributed by atoms with Gasteiger partial charge >= 0.3 is 0 Å². The average Bonchev–Trinajstić information content (AvgIpc) is 2.30. The predicted molar refractivity (Wildman–Crippen MR) is 79.7 cm³/mol. The van der Waals surface area contributed by atoms with E-state index >= 15 is 0 Å². The van der Waals surface area contributed by atoms with Crippen molar-refractivity contribution >= 4 is 34.7 Å². The zero-order valence-electron chi connectivity index (χ0n) is 10.4. The van der Waals surface area contributed by atoms with Crippen molar-refractivity contribution < 1.29 is 0 Å². The Bertz CT molecular complexity index is 376. The van der Waals surface area contributed by atoms with Crippen molar-refractivity contribution in [3.8, 4) is 0 Å². The van der Waals surface area contributed by atoms with E-state index in [-0.39, 0.29) is 0 Å². The van der Waals surface area contributed by atoms with Crippen molar-refractivity contribution in [3.63, 3.8) is 0 Å². The molecule has 0 bridgehead atoms. The van der Waals surface area contributed by atoms with Crippen LogP contribution in [0.15, 0.2) is 18.2 Å². The summed E-state index contributed by atoms with van der Waals surface area (Å²) in [6, 6.07) is 6.64. The van der Waals surface area contributed by atoms with Gasteiger partial charge in [-0.2, -0.15) is 11.8 Å². The number of hydrogen-bond acceptors (Lipinski definition) is 3. The van der Waals surface area contributed by atoms with Gasteiger partial charge in [0.25, 0.3) is 0 Å². The molecule has 1 N–H and O–H groups in total. The summed E-state index contributed by atoms with van der Waals surface area (Å²) in [4.78, 5) is 2.07. The molecule has 2 nitrogen and oxygen atoms in total. The van der Waals surface area contributed by atoms with Crippen molar-refractivity contribution in [2.45, 2.75) is 18.9 Å². The number of thioether (sulfide) groups is 1. The maximum absolute atomic E-state index is 6.26. The van der Waals surface area contributed by atoms with Crippen LogP contribution in [0.3, 0.4) is 0 Å². The number of benzene rings is 1. The zero-order valence-corrected chi connectivity index (χ0v) is 11.9. The molecule has 0 saturated carbocycles. The Balaban J connectivity index is 2.16. The Kier molecular flexibility index (Phi) is 4.46. The van der Waals surface area contributed by atoms with Gasteiger partial charge in [-0.25, -0.2) is 0 Å². The van der Waals surface area contributed by atoms with Gasteiger partial charge in [-0.3, -0.25) is 0 Å². The van der Waals surface area contributed by atoms with Crippen molar-refractivity contribution in [1.29, 1.82) is 0 Å². The van der Waals surface area contributed by atoms with E-state index in [0.717, 1.165) is 16.4 Å². The summed E-state index contributed by atoms with van der Waals surface area (Å²) in [7, 11) is 4.06. The molecule has 94 valence electrons. The van der Waals surface area contributed by atoms with Crippen LogP contribution < -0.4 is 10.2 Å². The fraction of sp³-hybridized carbons (Fsp3) is 0.538. The van der Waals surface area contributed by atoms with Gasteiger partial charge in [0.2, 0.25) is 0 Å². The van der Waals surface area contributed by atoms with Crippen LogP contribution in [0.2, 0.25) is 5.02 Å². The monoisotopic (exact) mass is 270 g/mol. The molecule has 0 spiro atoms. The summed E-state index contributed by atoms with van der Waals surface area (Å²) in [6.45, 7) is 0. The van der Waals surface area contributed by atoms with E-state index in [9.17, 15) is 0 Å². The highest BCUT2D eigenvalue weighted by molar-refractivity contribution is 7.99. The normalized spacial score (nSPS) is 20.1. The first-order chi connectivity index (χ1) is 8.18. The molecule has 1 saturated heterocycles. The van der Waals surface area contributed by atoms with Gasteiger partial charge in [0, 0.05) is 25.9 Å². The second-order valence-electron chi connectivity index (χ2n) is 4.59. The molecule has 17 heavy (non-hydrogen) atoms. The van der Waals surface area contributed by atoms with Crippen LogP contribution in [0, 0.1) is 0 Å². The van der Waals surface area contributed by atoms with E-state index in [1.54, 1.807) is 0 Å². The standard InChI is InChI=1S/C13H19ClN2S/c1-16(2)13-11(14)6-3-7-12(13)15-10-5-4-8-17-9-10/h3,6-7,10,15H,4-5,8-9H2,1-2H3. The smallest absolute Gasteiger partial charge is 0.0786 e. The Labute approximate surface area is 113 Å². The minimum atomic E-state index is 0.575. The summed E-state index contributed by atoms with van der Waals surface area (Å²) in [6.07, 6.45) is 2.56. The molecule has 1 aliphatic heterocycles. The minimum absolute atomic E-state index is 0.575. The first-order valence-corrected chi connectivity index (χ1v) is 7.52. The molecule has 1 atom stereocenters. The van der Waals surface area contributed by atoms with Crippen LogP contribution in [-0.2, 0) is 0 Å². The van der Waals surface area contributed by atoms with Gasteiger partial charge in [-0.05, 0) is 30.7 Å². The van der Waals surface area contributed by atoms with E-state index < -0.39 is 0 Å². The van der Waals surface area contributed by atoms with Gasteiger partial charge in [0.1, 0.15) is 0 Å². The first-order valence-electron chi connectivity index (χ1n) is 5.98. The Morgan fingerprint density at radius 3 is 2.88 bits per heavy atom. The van der Waals surface area contributed by atoms with Crippen LogP contribution in [0.1, 0.15) is 12.8 Å². The number of anilines is 2. The van der Waals surface area contributed by atoms with Crippen LogP contribution in [0.5, 0.6) is 0 Å². The first kappa shape index (κ1) is 12.9. The SMILES string of the molecule is CN(C)c1c(Cl)cccc1NC1CCCSC1. The maximum Gasteiger partial charge on any atom is 0.0786 e. The molecule has 4 heteroatoms. The number of nitrogens with one attached hydrogen (secondary N) is 1. The highest BCUT2D eigenvalue weighted by Gasteiger charge is 2.16. The molecular formula is C13H19ClN2S. The number of hydrogen-bond donors (Lipinski definition) is 1. The van der Waals surface area contributed by atoms with Gasteiger partial charge in [-0.15, -0.1) is 0 Å². The largest absolute Gasteiger partial charge is 0.380 e. The fourth-order valence-electron chi connectivity index (χ4n) is 2.16. The molecule has 1 aliphatic rings. The lowest BCUT2D eigenvalue weighted by Crippen LogP contribution is -2.26. The quantitative estimate of drug-likeness (QED) is 0.901. The third-order valence-electron chi connectivity index (χ3n) is 2.95. The molecule has 1 fully saturated rings. The molecule has 1 aromatic rings. The second kappa shape index (κ2) is 5.87. The summed E-state index contributed by atoms with van der Waals surface area (Å²) in [5.41, 5.74) is 2.24. The third kappa shape index (κ3) is 3.23. The highest BCUT2D eigenvalue weighted by atomic mass is 35.5. The lowest BCUT2D eigenvalue weighted by atomic mass is 10.1. The van der Waals surface area contributed by atoms with Crippen LogP contribution in [0.25, 0.3) is 0 Å². The van der Waals surface area contributed by atoms with Gasteiger partial charge < -0.3 is 10.2 Å². The lowest BCUT2D eigenvalue weighted by molar-refractivity contribution is 0.685. The van der Waals surface area contributed by atoms with E-state index in [2.05, 4.69) is 16.3 Å². The van der Waals surface area contributed by atoms with Crippen molar-refractivity contribution in [3.05, 3.63) is 23.2 Å². The number of para-hydroxylation sites is 1. The molecule has 1 unspecified atom stereocenters. The molecular weight excluding hydrogens is 252 g/mol. The van der Waals surface area contributed by atoms with Gasteiger partial charge in [-0.1, -0.05) is 17.7 Å². The molecule has 1 heterocycles. The third-order valence-corrected chi connectivity index (χ3v) is 4.47. The van der Waals surface area contributed by atoms with Crippen LogP contribution in [-0.4, -0.2) is 31.6 Å². The highest BCUT2D eigenvalue weighted by Crippen LogP contribution is 2.34. The molecule has 0 amide bonds. The van der Waals surface area contributed by atoms with E-state index in [0.29, 0.717) is 6.04 Å². The van der Waals surface area contributed by atoms with E-state index in [4.69, 9.17) is 11.6 Å². The molecule has 0 aliphatic carbocycles. The maximum atomic E-state index is 6.26. The lowest BCUT2D eigenvalue weighted by Gasteiger charge is -2.27. The fourth-order valence-corrected chi connectivity index (χ4v) is 3.58. The van der Waals surface area contributed by atoms with E-state index in [1.165, 1.54) is 24.3 Å². The number of nitrogens with zero attached hydrogens (tertiary/aromatic N) is 1. The van der Waals surface area contributed by atoms with Crippen molar-refractivity contribution in [1.82, 2.24) is 0 Å². The van der Waals surface area contributed by atoms with Crippen molar-refractivity contribution in [2.75, 3.05) is 35.8 Å². The van der Waals surface area contributed by atoms with Crippen LogP contribution in [0.4, 0.5) is 11.4 Å². The second-order valence-corrected chi connectivity index (χ2v) is 6.15. The molecule has 2 rings (SSSR count). The van der Waals surface area contributed by atoms with Crippen LogP contribution >= 0.6 is 23.4 Å². The summed E-state index contributed by atoms with van der Waals surface area (Å²) in [5.74, 6) is 2.49. The van der Waals surface area contributed by atoms with Gasteiger partial charge in [0.15, 0.2) is 0 Å². The van der Waals surface area contributed by atoms with Crippen molar-refractivity contribution in [2.24, 2.45) is 0 Å². The topological polar surface area (TPSA) is 15.3 Å². The number of halogens is 1.